The number of ether oxygens (including phenoxy) is 1. The SMILES string of the molecule is CC#CC(=O)COCCCNCCN1CCCCC1. The van der Waals surface area contributed by atoms with Gasteiger partial charge in [-0.2, -0.15) is 0 Å². The summed E-state index contributed by atoms with van der Waals surface area (Å²) in [5, 5.41) is 3.41. The number of carbonyl (C=O) groups is 1. The van der Waals surface area contributed by atoms with Gasteiger partial charge in [0.2, 0.25) is 5.78 Å². The molecule has 0 aliphatic carbocycles. The quantitative estimate of drug-likeness (QED) is 0.385. The highest BCUT2D eigenvalue weighted by atomic mass is 16.5. The molecule has 1 N–H and O–H groups in total. The largest absolute Gasteiger partial charge is 0.373 e. The van der Waals surface area contributed by atoms with Crippen LogP contribution in [0.5, 0.6) is 0 Å². The molecule has 1 aliphatic rings. The topological polar surface area (TPSA) is 41.6 Å². The fraction of sp³-hybridized carbons (Fsp3) is 0.800. The maximum absolute atomic E-state index is 11.0. The number of rotatable bonds is 9. The lowest BCUT2D eigenvalue weighted by Crippen LogP contribution is -2.36. The molecule has 108 valence electrons. The zero-order valence-electron chi connectivity index (χ0n) is 12.0. The van der Waals surface area contributed by atoms with E-state index in [1.807, 2.05) is 0 Å². The highest BCUT2D eigenvalue weighted by Gasteiger charge is 2.08. The first-order chi connectivity index (χ1) is 9.33. The van der Waals surface area contributed by atoms with Gasteiger partial charge in [0.15, 0.2) is 0 Å². The van der Waals surface area contributed by atoms with Crippen LogP contribution in [-0.2, 0) is 9.53 Å². The standard InChI is InChI=1S/C15H26N2O2/c1-2-7-15(18)14-19-13-6-8-16-9-12-17-10-4-3-5-11-17/h16H,3-6,8-14H2,1H3. The number of nitrogens with one attached hydrogen (secondary N) is 1. The summed E-state index contributed by atoms with van der Waals surface area (Å²) in [7, 11) is 0. The molecule has 4 heteroatoms. The summed E-state index contributed by atoms with van der Waals surface area (Å²) in [5.41, 5.74) is 0. The Bertz CT molecular complexity index is 301. The van der Waals surface area contributed by atoms with Crippen LogP contribution >= 0.6 is 0 Å². The van der Waals surface area contributed by atoms with E-state index in [-0.39, 0.29) is 12.4 Å². The van der Waals surface area contributed by atoms with E-state index in [1.165, 1.54) is 32.4 Å². The van der Waals surface area contributed by atoms with Gasteiger partial charge in [0.05, 0.1) is 0 Å². The van der Waals surface area contributed by atoms with Crippen LogP contribution in [0.2, 0.25) is 0 Å². The molecule has 0 aromatic heterocycles. The third-order valence-corrected chi connectivity index (χ3v) is 3.19. The number of piperidine rings is 1. The van der Waals surface area contributed by atoms with E-state index in [1.54, 1.807) is 6.92 Å². The summed E-state index contributed by atoms with van der Waals surface area (Å²) in [6.45, 7) is 8.04. The van der Waals surface area contributed by atoms with Crippen molar-refractivity contribution in [3.8, 4) is 11.8 Å². The van der Waals surface area contributed by atoms with Crippen LogP contribution in [0, 0.1) is 11.8 Å². The molecule has 0 radical (unpaired) electrons. The van der Waals surface area contributed by atoms with Gasteiger partial charge in [-0.1, -0.05) is 12.3 Å². The zero-order valence-corrected chi connectivity index (χ0v) is 12.0. The molecule has 0 amide bonds. The predicted octanol–water partition coefficient (Wildman–Crippen LogP) is 1.06. The van der Waals surface area contributed by atoms with E-state index in [0.29, 0.717) is 6.61 Å². The number of ketones is 1. The Balaban J connectivity index is 1.82. The first-order valence-electron chi connectivity index (χ1n) is 7.29. The predicted molar refractivity (Wildman–Crippen MR) is 77.1 cm³/mol. The number of hydrogen-bond acceptors (Lipinski definition) is 4. The lowest BCUT2D eigenvalue weighted by molar-refractivity contribution is -0.118. The average molecular weight is 266 g/mol. The Morgan fingerprint density at radius 3 is 2.79 bits per heavy atom. The Hall–Kier alpha value is -0.890. The molecule has 0 saturated carbocycles. The summed E-state index contributed by atoms with van der Waals surface area (Å²) in [6.07, 6.45) is 5.03. The molecular weight excluding hydrogens is 240 g/mol. The zero-order chi connectivity index (χ0) is 13.8. The highest BCUT2D eigenvalue weighted by molar-refractivity contribution is 5.96. The fourth-order valence-corrected chi connectivity index (χ4v) is 2.18. The summed E-state index contributed by atoms with van der Waals surface area (Å²) >= 11 is 0. The van der Waals surface area contributed by atoms with Crippen LogP contribution in [0.1, 0.15) is 32.6 Å². The smallest absolute Gasteiger partial charge is 0.231 e. The normalized spacial score (nSPS) is 15.8. The molecule has 0 bridgehead atoms. The summed E-state index contributed by atoms with van der Waals surface area (Å²) < 4.78 is 5.24. The van der Waals surface area contributed by atoms with Crippen molar-refractivity contribution in [3.05, 3.63) is 0 Å². The van der Waals surface area contributed by atoms with Gasteiger partial charge in [0.25, 0.3) is 0 Å². The monoisotopic (exact) mass is 266 g/mol. The van der Waals surface area contributed by atoms with E-state index in [9.17, 15) is 4.79 Å². The van der Waals surface area contributed by atoms with Crippen molar-refractivity contribution < 1.29 is 9.53 Å². The van der Waals surface area contributed by atoms with Gasteiger partial charge in [0, 0.05) is 19.7 Å². The first-order valence-corrected chi connectivity index (χ1v) is 7.29. The summed E-state index contributed by atoms with van der Waals surface area (Å²) in [5.74, 6) is 4.89. The molecule has 1 heterocycles. The minimum Gasteiger partial charge on any atom is -0.373 e. The van der Waals surface area contributed by atoms with Crippen LogP contribution < -0.4 is 5.32 Å². The third-order valence-electron chi connectivity index (χ3n) is 3.19. The molecular formula is C15H26N2O2. The van der Waals surface area contributed by atoms with E-state index in [0.717, 1.165) is 26.1 Å². The van der Waals surface area contributed by atoms with Gasteiger partial charge in [-0.05, 0) is 51.7 Å². The maximum atomic E-state index is 11.0. The van der Waals surface area contributed by atoms with Gasteiger partial charge in [-0.3, -0.25) is 4.79 Å². The second-order valence-electron chi connectivity index (χ2n) is 4.86. The van der Waals surface area contributed by atoms with Crippen molar-refractivity contribution in [2.75, 3.05) is 45.9 Å². The lowest BCUT2D eigenvalue weighted by Gasteiger charge is -2.26. The van der Waals surface area contributed by atoms with E-state index >= 15 is 0 Å². The molecule has 1 aliphatic heterocycles. The second-order valence-corrected chi connectivity index (χ2v) is 4.86. The van der Waals surface area contributed by atoms with Crippen molar-refractivity contribution in [1.29, 1.82) is 0 Å². The van der Waals surface area contributed by atoms with Crippen LogP contribution in [0.4, 0.5) is 0 Å². The maximum Gasteiger partial charge on any atom is 0.231 e. The van der Waals surface area contributed by atoms with Gasteiger partial charge in [0.1, 0.15) is 6.61 Å². The molecule has 1 saturated heterocycles. The third kappa shape index (κ3) is 8.77. The lowest BCUT2D eigenvalue weighted by atomic mass is 10.1. The number of carbonyl (C=O) groups excluding carboxylic acids is 1. The number of Topliss-reactive ketones (excluding diaryl/α,β-unsaturated/α-hetero) is 1. The highest BCUT2D eigenvalue weighted by Crippen LogP contribution is 2.07. The fourth-order valence-electron chi connectivity index (χ4n) is 2.18. The molecule has 0 aromatic carbocycles. The average Bonchev–Trinajstić information content (AvgIpc) is 2.43. The number of nitrogens with zero attached hydrogens (tertiary/aromatic N) is 1. The van der Waals surface area contributed by atoms with Gasteiger partial charge >= 0.3 is 0 Å². The van der Waals surface area contributed by atoms with E-state index in [4.69, 9.17) is 4.74 Å². The number of likely N-dealkylation sites (tertiary alicyclic amines) is 1. The molecule has 0 aromatic rings. The Labute approximate surface area is 116 Å². The van der Waals surface area contributed by atoms with Gasteiger partial charge in [-0.15, -0.1) is 0 Å². The van der Waals surface area contributed by atoms with Crippen molar-refractivity contribution in [2.45, 2.75) is 32.6 Å². The van der Waals surface area contributed by atoms with E-state index < -0.39 is 0 Å². The summed E-state index contributed by atoms with van der Waals surface area (Å²) in [6, 6.07) is 0. The number of hydrogen-bond donors (Lipinski definition) is 1. The van der Waals surface area contributed by atoms with Crippen molar-refractivity contribution >= 4 is 5.78 Å². The summed E-state index contributed by atoms with van der Waals surface area (Å²) in [4.78, 5) is 13.6. The van der Waals surface area contributed by atoms with E-state index in [2.05, 4.69) is 22.1 Å². The van der Waals surface area contributed by atoms with Crippen molar-refractivity contribution in [2.24, 2.45) is 0 Å². The molecule has 0 unspecified atom stereocenters. The van der Waals surface area contributed by atoms with Crippen LogP contribution in [-0.4, -0.2) is 56.6 Å². The van der Waals surface area contributed by atoms with Crippen LogP contribution in [0.25, 0.3) is 0 Å². The van der Waals surface area contributed by atoms with Gasteiger partial charge < -0.3 is 15.0 Å². The van der Waals surface area contributed by atoms with Crippen molar-refractivity contribution in [3.63, 3.8) is 0 Å². The molecule has 0 spiro atoms. The Morgan fingerprint density at radius 2 is 2.05 bits per heavy atom. The van der Waals surface area contributed by atoms with Gasteiger partial charge in [-0.25, -0.2) is 0 Å². The molecule has 19 heavy (non-hydrogen) atoms. The van der Waals surface area contributed by atoms with Crippen LogP contribution in [0.3, 0.4) is 0 Å². The molecule has 1 fully saturated rings. The minimum atomic E-state index is -0.138. The second kappa shape index (κ2) is 11.0. The molecule has 4 nitrogen and oxygen atoms in total. The minimum absolute atomic E-state index is 0.120. The molecule has 0 atom stereocenters. The Morgan fingerprint density at radius 1 is 1.26 bits per heavy atom. The van der Waals surface area contributed by atoms with Crippen LogP contribution in [0.15, 0.2) is 0 Å². The van der Waals surface area contributed by atoms with Crippen molar-refractivity contribution in [1.82, 2.24) is 10.2 Å². The molecule has 1 rings (SSSR count). The first kappa shape index (κ1) is 16.2. The Kier molecular flexibility index (Phi) is 9.34.